The highest BCUT2D eigenvalue weighted by Crippen LogP contribution is 2.21. The van der Waals surface area contributed by atoms with Crippen molar-refractivity contribution < 1.29 is 14.0 Å². The van der Waals surface area contributed by atoms with Gasteiger partial charge in [-0.3, -0.25) is 20.4 Å². The number of oxazole rings is 1. The lowest BCUT2D eigenvalue weighted by Gasteiger charge is -2.07. The maximum atomic E-state index is 12.0. The molecule has 1 aromatic carbocycles. The Hall–Kier alpha value is -2.87. The lowest BCUT2D eigenvalue weighted by molar-refractivity contribution is -0.121. The van der Waals surface area contributed by atoms with E-state index in [1.807, 2.05) is 31.2 Å². The number of amides is 2. The van der Waals surface area contributed by atoms with Gasteiger partial charge in [-0.15, -0.1) is 0 Å². The van der Waals surface area contributed by atoms with Gasteiger partial charge in [-0.25, -0.2) is 4.98 Å². The zero-order valence-corrected chi connectivity index (χ0v) is 16.5. The zero-order chi connectivity index (χ0) is 19.4. The molecule has 2 heterocycles. The Morgan fingerprint density at radius 1 is 1.22 bits per heavy atom. The third kappa shape index (κ3) is 4.85. The SMILES string of the molecule is Cc1ccc(-c2cnc(CCC(=O)NNC(=O)c3cc(Br)cn3C)o2)cc1. The van der Waals surface area contributed by atoms with Crippen LogP contribution in [0.15, 0.2) is 51.6 Å². The largest absolute Gasteiger partial charge is 0.441 e. The van der Waals surface area contributed by atoms with E-state index in [0.29, 0.717) is 23.8 Å². The minimum absolute atomic E-state index is 0.144. The molecule has 0 spiro atoms. The van der Waals surface area contributed by atoms with E-state index >= 15 is 0 Å². The highest BCUT2D eigenvalue weighted by Gasteiger charge is 2.13. The molecule has 0 aliphatic heterocycles. The average molecular weight is 431 g/mol. The second-order valence-corrected chi connectivity index (χ2v) is 7.06. The van der Waals surface area contributed by atoms with Crippen LogP contribution in [0, 0.1) is 6.92 Å². The number of carbonyl (C=O) groups is 2. The van der Waals surface area contributed by atoms with Crippen molar-refractivity contribution in [2.24, 2.45) is 7.05 Å². The molecule has 7 nitrogen and oxygen atoms in total. The van der Waals surface area contributed by atoms with E-state index in [9.17, 15) is 9.59 Å². The van der Waals surface area contributed by atoms with E-state index in [2.05, 4.69) is 31.8 Å². The number of nitrogens with one attached hydrogen (secondary N) is 2. The first kappa shape index (κ1) is 18.9. The van der Waals surface area contributed by atoms with Gasteiger partial charge in [0.15, 0.2) is 11.7 Å². The molecule has 0 bridgehead atoms. The second kappa shape index (κ2) is 8.22. The normalized spacial score (nSPS) is 10.6. The molecule has 0 atom stereocenters. The standard InChI is InChI=1S/C19H19BrN4O3/c1-12-3-5-13(6-4-12)16-10-21-18(27-16)8-7-17(25)22-23-19(26)15-9-14(20)11-24(15)2/h3-6,9-11H,7-8H2,1-2H3,(H,22,25)(H,23,26). The van der Waals surface area contributed by atoms with Crippen molar-refractivity contribution in [2.45, 2.75) is 19.8 Å². The molecule has 3 rings (SSSR count). The van der Waals surface area contributed by atoms with Crippen molar-refractivity contribution in [3.05, 3.63) is 64.3 Å². The molecule has 0 radical (unpaired) electrons. The molecule has 0 aliphatic rings. The Labute approximate surface area is 164 Å². The summed E-state index contributed by atoms with van der Waals surface area (Å²) in [5.74, 6) is 0.410. The van der Waals surface area contributed by atoms with Crippen LogP contribution in [-0.4, -0.2) is 21.4 Å². The molecule has 140 valence electrons. The number of nitrogens with zero attached hydrogens (tertiary/aromatic N) is 2. The van der Waals surface area contributed by atoms with E-state index in [1.54, 1.807) is 30.1 Å². The van der Waals surface area contributed by atoms with E-state index in [4.69, 9.17) is 4.42 Å². The molecule has 0 aliphatic carbocycles. The number of aryl methyl sites for hydroxylation is 3. The summed E-state index contributed by atoms with van der Waals surface area (Å²) in [6.45, 7) is 2.02. The fourth-order valence-corrected chi connectivity index (χ4v) is 3.02. The minimum atomic E-state index is -0.394. The van der Waals surface area contributed by atoms with Crippen molar-refractivity contribution in [3.63, 3.8) is 0 Å². The summed E-state index contributed by atoms with van der Waals surface area (Å²) in [4.78, 5) is 28.2. The quantitative estimate of drug-likeness (QED) is 0.608. The first-order valence-corrected chi connectivity index (χ1v) is 9.14. The van der Waals surface area contributed by atoms with E-state index in [0.717, 1.165) is 10.0 Å². The summed E-state index contributed by atoms with van der Waals surface area (Å²) in [6, 6.07) is 9.59. The maximum absolute atomic E-state index is 12.0. The zero-order valence-electron chi connectivity index (χ0n) is 15.0. The molecule has 0 fully saturated rings. The minimum Gasteiger partial charge on any atom is -0.441 e. The Kier molecular flexibility index (Phi) is 5.75. The summed E-state index contributed by atoms with van der Waals surface area (Å²) in [5.41, 5.74) is 7.32. The molecule has 27 heavy (non-hydrogen) atoms. The number of aromatic nitrogens is 2. The number of benzene rings is 1. The Balaban J connectivity index is 1.49. The van der Waals surface area contributed by atoms with Crippen LogP contribution in [0.4, 0.5) is 0 Å². The molecular formula is C19H19BrN4O3. The van der Waals surface area contributed by atoms with Gasteiger partial charge >= 0.3 is 0 Å². The van der Waals surface area contributed by atoms with E-state index < -0.39 is 5.91 Å². The van der Waals surface area contributed by atoms with Crippen molar-refractivity contribution in [2.75, 3.05) is 0 Å². The van der Waals surface area contributed by atoms with Crippen LogP contribution in [0.1, 0.15) is 28.4 Å². The molecule has 2 N–H and O–H groups in total. The van der Waals surface area contributed by atoms with Gasteiger partial charge in [0.05, 0.1) is 6.20 Å². The molecule has 0 saturated heterocycles. The van der Waals surface area contributed by atoms with Crippen molar-refractivity contribution in [1.29, 1.82) is 0 Å². The predicted molar refractivity (Wildman–Crippen MR) is 104 cm³/mol. The van der Waals surface area contributed by atoms with Crippen LogP contribution in [0.3, 0.4) is 0 Å². The summed E-state index contributed by atoms with van der Waals surface area (Å²) in [6.07, 6.45) is 3.88. The highest BCUT2D eigenvalue weighted by molar-refractivity contribution is 9.10. The fourth-order valence-electron chi connectivity index (χ4n) is 2.50. The van der Waals surface area contributed by atoms with Crippen LogP contribution < -0.4 is 10.9 Å². The summed E-state index contributed by atoms with van der Waals surface area (Å²) >= 11 is 3.30. The molecular weight excluding hydrogens is 412 g/mol. The van der Waals surface area contributed by atoms with Crippen molar-refractivity contribution >= 4 is 27.7 Å². The number of hydrazine groups is 1. The highest BCUT2D eigenvalue weighted by atomic mass is 79.9. The topological polar surface area (TPSA) is 89.2 Å². The lowest BCUT2D eigenvalue weighted by Crippen LogP contribution is -2.42. The first-order chi connectivity index (χ1) is 12.9. The predicted octanol–water partition coefficient (Wildman–Crippen LogP) is 3.14. The molecule has 2 aromatic heterocycles. The Morgan fingerprint density at radius 3 is 2.63 bits per heavy atom. The van der Waals surface area contributed by atoms with Gasteiger partial charge < -0.3 is 8.98 Å². The van der Waals surface area contributed by atoms with Gasteiger partial charge in [0.1, 0.15) is 5.69 Å². The molecule has 8 heteroatoms. The Morgan fingerprint density at radius 2 is 1.96 bits per heavy atom. The van der Waals surface area contributed by atoms with Gasteiger partial charge in [-0.1, -0.05) is 29.8 Å². The van der Waals surface area contributed by atoms with Gasteiger partial charge in [-0.2, -0.15) is 0 Å². The lowest BCUT2D eigenvalue weighted by atomic mass is 10.1. The third-order valence-corrected chi connectivity index (χ3v) is 4.41. The summed E-state index contributed by atoms with van der Waals surface area (Å²) < 4.78 is 8.13. The average Bonchev–Trinajstić information content (AvgIpc) is 3.24. The molecule has 0 saturated carbocycles. The van der Waals surface area contributed by atoms with Gasteiger partial charge in [0.25, 0.3) is 5.91 Å². The van der Waals surface area contributed by atoms with Gasteiger partial charge in [0.2, 0.25) is 5.91 Å². The van der Waals surface area contributed by atoms with E-state index in [1.165, 1.54) is 5.56 Å². The van der Waals surface area contributed by atoms with Crippen LogP contribution in [0.5, 0.6) is 0 Å². The van der Waals surface area contributed by atoms with E-state index in [-0.39, 0.29) is 12.3 Å². The van der Waals surface area contributed by atoms with Crippen molar-refractivity contribution in [3.8, 4) is 11.3 Å². The van der Waals surface area contributed by atoms with Gasteiger partial charge in [0, 0.05) is 36.1 Å². The second-order valence-electron chi connectivity index (χ2n) is 6.14. The monoisotopic (exact) mass is 430 g/mol. The summed E-state index contributed by atoms with van der Waals surface area (Å²) in [7, 11) is 1.75. The number of hydrogen-bond donors (Lipinski definition) is 2. The molecule has 3 aromatic rings. The third-order valence-electron chi connectivity index (χ3n) is 3.98. The van der Waals surface area contributed by atoms with Crippen LogP contribution >= 0.6 is 15.9 Å². The van der Waals surface area contributed by atoms with Crippen LogP contribution in [-0.2, 0) is 18.3 Å². The molecule has 0 unspecified atom stereocenters. The number of rotatable bonds is 5. The fraction of sp³-hybridized carbons (Fsp3) is 0.211. The smallest absolute Gasteiger partial charge is 0.286 e. The first-order valence-electron chi connectivity index (χ1n) is 8.35. The van der Waals surface area contributed by atoms with Gasteiger partial charge in [-0.05, 0) is 28.9 Å². The number of carbonyl (C=O) groups excluding carboxylic acids is 2. The van der Waals surface area contributed by atoms with Crippen LogP contribution in [0.25, 0.3) is 11.3 Å². The number of halogens is 1. The molecule has 2 amide bonds. The van der Waals surface area contributed by atoms with Crippen LogP contribution in [0.2, 0.25) is 0 Å². The number of hydrogen-bond acceptors (Lipinski definition) is 4. The summed E-state index contributed by atoms with van der Waals surface area (Å²) in [5, 5.41) is 0. The van der Waals surface area contributed by atoms with Crippen molar-refractivity contribution in [1.82, 2.24) is 20.4 Å². The Bertz CT molecular complexity index is 960. The maximum Gasteiger partial charge on any atom is 0.286 e.